The first-order valence-corrected chi connectivity index (χ1v) is 10.4. The molecule has 162 valence electrons. The molecule has 1 saturated heterocycles. The average Bonchev–Trinajstić information content (AvgIpc) is 2.73. The highest BCUT2D eigenvalue weighted by Crippen LogP contribution is 2.27. The Labute approximate surface area is 179 Å². The molecule has 0 bridgehead atoms. The molecular formula is C24H32N2O4. The van der Waals surface area contributed by atoms with Gasteiger partial charge in [0.15, 0.2) is 11.5 Å². The van der Waals surface area contributed by atoms with Crippen LogP contribution in [0.15, 0.2) is 42.5 Å². The molecule has 0 unspecified atom stereocenters. The van der Waals surface area contributed by atoms with Crippen molar-refractivity contribution in [1.82, 2.24) is 10.2 Å². The summed E-state index contributed by atoms with van der Waals surface area (Å²) in [5, 5.41) is 2.99. The van der Waals surface area contributed by atoms with Crippen LogP contribution in [0.1, 0.15) is 35.3 Å². The lowest BCUT2D eigenvalue weighted by Crippen LogP contribution is -2.44. The Hall–Kier alpha value is -2.57. The molecule has 6 nitrogen and oxygen atoms in total. The van der Waals surface area contributed by atoms with Crippen LogP contribution in [0, 0.1) is 0 Å². The molecule has 3 rings (SSSR count). The zero-order valence-corrected chi connectivity index (χ0v) is 18.3. The average molecular weight is 413 g/mol. The highest BCUT2D eigenvalue weighted by atomic mass is 16.5. The number of ether oxygens (including phenoxy) is 3. The fourth-order valence-corrected chi connectivity index (χ4v) is 3.89. The molecule has 0 spiro atoms. The standard InChI is InChI=1S/C24H32N2O4/c1-17-14-26(15-18(2)30-17)16-20-5-8-21(9-6-20)24(27)25-12-11-19-7-10-22(28-3)23(13-19)29-4/h5-10,13,17-18H,11-12,14-16H2,1-4H3,(H,25,27)/t17-,18+. The van der Waals surface area contributed by atoms with Crippen LogP contribution in [0.25, 0.3) is 0 Å². The molecule has 6 heteroatoms. The van der Waals surface area contributed by atoms with Gasteiger partial charge in [-0.25, -0.2) is 0 Å². The summed E-state index contributed by atoms with van der Waals surface area (Å²) in [5.41, 5.74) is 2.96. The van der Waals surface area contributed by atoms with Crippen molar-refractivity contribution in [2.45, 2.75) is 39.0 Å². The van der Waals surface area contributed by atoms with Gasteiger partial charge in [0.25, 0.3) is 5.91 Å². The number of morpholine rings is 1. The van der Waals surface area contributed by atoms with Crippen LogP contribution >= 0.6 is 0 Å². The monoisotopic (exact) mass is 412 g/mol. The maximum Gasteiger partial charge on any atom is 0.251 e. The second-order valence-electron chi connectivity index (χ2n) is 7.84. The lowest BCUT2D eigenvalue weighted by atomic mass is 10.1. The van der Waals surface area contributed by atoms with Gasteiger partial charge in [-0.3, -0.25) is 9.69 Å². The van der Waals surface area contributed by atoms with E-state index >= 15 is 0 Å². The molecule has 1 heterocycles. The Bertz CT molecular complexity index is 828. The Morgan fingerprint density at radius 3 is 2.27 bits per heavy atom. The van der Waals surface area contributed by atoms with Gasteiger partial charge in [0.05, 0.1) is 26.4 Å². The SMILES string of the molecule is COc1ccc(CCNC(=O)c2ccc(CN3C[C@@H](C)O[C@@H](C)C3)cc2)cc1OC. The maximum absolute atomic E-state index is 12.5. The van der Waals surface area contributed by atoms with Crippen molar-refractivity contribution in [2.24, 2.45) is 0 Å². The normalized spacial score (nSPS) is 19.3. The largest absolute Gasteiger partial charge is 0.493 e. The number of hydrogen-bond acceptors (Lipinski definition) is 5. The minimum atomic E-state index is -0.0596. The Kier molecular flexibility index (Phi) is 7.71. The number of rotatable bonds is 8. The van der Waals surface area contributed by atoms with Gasteiger partial charge in [-0.1, -0.05) is 18.2 Å². The van der Waals surface area contributed by atoms with E-state index in [2.05, 4.69) is 24.1 Å². The molecule has 1 aliphatic rings. The highest BCUT2D eigenvalue weighted by molar-refractivity contribution is 5.94. The van der Waals surface area contributed by atoms with Crippen LogP contribution in [-0.4, -0.2) is 56.9 Å². The smallest absolute Gasteiger partial charge is 0.251 e. The molecule has 1 amide bonds. The molecule has 2 atom stereocenters. The minimum Gasteiger partial charge on any atom is -0.493 e. The van der Waals surface area contributed by atoms with Crippen molar-refractivity contribution in [3.63, 3.8) is 0 Å². The van der Waals surface area contributed by atoms with Crippen molar-refractivity contribution < 1.29 is 19.0 Å². The predicted molar refractivity (Wildman–Crippen MR) is 117 cm³/mol. The second kappa shape index (κ2) is 10.5. The van der Waals surface area contributed by atoms with Crippen molar-refractivity contribution >= 4 is 5.91 Å². The lowest BCUT2D eigenvalue weighted by molar-refractivity contribution is -0.0704. The number of benzene rings is 2. The van der Waals surface area contributed by atoms with E-state index < -0.39 is 0 Å². The third-order valence-corrected chi connectivity index (χ3v) is 5.26. The third-order valence-electron chi connectivity index (χ3n) is 5.26. The van der Waals surface area contributed by atoms with Crippen molar-refractivity contribution in [1.29, 1.82) is 0 Å². The molecule has 0 aliphatic carbocycles. The molecule has 0 aromatic heterocycles. The summed E-state index contributed by atoms with van der Waals surface area (Å²) >= 11 is 0. The number of hydrogen-bond donors (Lipinski definition) is 1. The molecule has 2 aromatic rings. The second-order valence-corrected chi connectivity index (χ2v) is 7.84. The first-order chi connectivity index (χ1) is 14.5. The van der Waals surface area contributed by atoms with Crippen LogP contribution in [-0.2, 0) is 17.7 Å². The Morgan fingerprint density at radius 2 is 1.63 bits per heavy atom. The number of amides is 1. The van der Waals surface area contributed by atoms with Crippen molar-refractivity contribution in [2.75, 3.05) is 33.9 Å². The first-order valence-electron chi connectivity index (χ1n) is 10.4. The third kappa shape index (κ3) is 5.97. The van der Waals surface area contributed by atoms with Crippen LogP contribution in [0.3, 0.4) is 0 Å². The number of carbonyl (C=O) groups excluding carboxylic acids is 1. The van der Waals surface area contributed by atoms with E-state index in [0.717, 1.165) is 31.6 Å². The van der Waals surface area contributed by atoms with E-state index in [-0.39, 0.29) is 18.1 Å². The van der Waals surface area contributed by atoms with Gasteiger partial charge < -0.3 is 19.5 Å². The maximum atomic E-state index is 12.5. The molecule has 0 saturated carbocycles. The number of nitrogens with zero attached hydrogens (tertiary/aromatic N) is 1. The van der Waals surface area contributed by atoms with Gasteiger partial charge in [-0.2, -0.15) is 0 Å². The van der Waals surface area contributed by atoms with Crippen LogP contribution < -0.4 is 14.8 Å². The minimum absolute atomic E-state index is 0.0596. The first kappa shape index (κ1) is 22.1. The van der Waals surface area contributed by atoms with Gasteiger partial charge in [-0.05, 0) is 55.7 Å². The zero-order valence-electron chi connectivity index (χ0n) is 18.3. The van der Waals surface area contributed by atoms with E-state index in [0.29, 0.717) is 23.6 Å². The van der Waals surface area contributed by atoms with Crippen LogP contribution in [0.2, 0.25) is 0 Å². The van der Waals surface area contributed by atoms with E-state index in [1.807, 2.05) is 42.5 Å². The van der Waals surface area contributed by atoms with E-state index in [9.17, 15) is 4.79 Å². The van der Waals surface area contributed by atoms with Crippen LogP contribution in [0.5, 0.6) is 11.5 Å². The molecule has 1 aliphatic heterocycles. The molecule has 30 heavy (non-hydrogen) atoms. The summed E-state index contributed by atoms with van der Waals surface area (Å²) in [6.07, 6.45) is 1.23. The van der Waals surface area contributed by atoms with Gasteiger partial charge in [-0.15, -0.1) is 0 Å². The Morgan fingerprint density at radius 1 is 1.00 bits per heavy atom. The van der Waals surface area contributed by atoms with Crippen LogP contribution in [0.4, 0.5) is 0 Å². The molecule has 2 aromatic carbocycles. The fraction of sp³-hybridized carbons (Fsp3) is 0.458. The number of carbonyl (C=O) groups is 1. The van der Waals surface area contributed by atoms with Gasteiger partial charge in [0, 0.05) is 31.7 Å². The quantitative estimate of drug-likeness (QED) is 0.721. The van der Waals surface area contributed by atoms with Gasteiger partial charge in [0.1, 0.15) is 0 Å². The summed E-state index contributed by atoms with van der Waals surface area (Å²) in [7, 11) is 3.23. The van der Waals surface area contributed by atoms with Crippen molar-refractivity contribution in [3.05, 3.63) is 59.2 Å². The summed E-state index contributed by atoms with van der Waals surface area (Å²) in [5.74, 6) is 1.34. The Balaban J connectivity index is 1.49. The summed E-state index contributed by atoms with van der Waals surface area (Å²) in [6.45, 7) is 7.51. The fourth-order valence-electron chi connectivity index (χ4n) is 3.89. The van der Waals surface area contributed by atoms with E-state index in [4.69, 9.17) is 14.2 Å². The topological polar surface area (TPSA) is 60.0 Å². The highest BCUT2D eigenvalue weighted by Gasteiger charge is 2.22. The van der Waals surface area contributed by atoms with E-state index in [1.54, 1.807) is 14.2 Å². The summed E-state index contributed by atoms with van der Waals surface area (Å²) < 4.78 is 16.4. The lowest BCUT2D eigenvalue weighted by Gasteiger charge is -2.35. The predicted octanol–water partition coefficient (Wildman–Crippen LogP) is 3.29. The zero-order chi connectivity index (χ0) is 21.5. The van der Waals surface area contributed by atoms with Crippen molar-refractivity contribution in [3.8, 4) is 11.5 Å². The molecular weight excluding hydrogens is 380 g/mol. The number of nitrogens with one attached hydrogen (secondary N) is 1. The van der Waals surface area contributed by atoms with Gasteiger partial charge in [0.2, 0.25) is 0 Å². The molecule has 0 radical (unpaired) electrons. The summed E-state index contributed by atoms with van der Waals surface area (Å²) in [6, 6.07) is 13.7. The van der Waals surface area contributed by atoms with E-state index in [1.165, 1.54) is 5.56 Å². The molecule has 1 N–H and O–H groups in total. The summed E-state index contributed by atoms with van der Waals surface area (Å²) in [4.78, 5) is 14.9. The number of methoxy groups -OCH3 is 2. The van der Waals surface area contributed by atoms with Gasteiger partial charge >= 0.3 is 0 Å². The molecule has 1 fully saturated rings.